The maximum absolute atomic E-state index is 13.1. The number of Topliss-reactive ketones (excluding diaryl/α,β-unsaturated/α-hetero) is 3. The van der Waals surface area contributed by atoms with Gasteiger partial charge in [0.1, 0.15) is 0 Å². The van der Waals surface area contributed by atoms with Crippen LogP contribution in [0.15, 0.2) is 200 Å². The number of nitrogens with one attached hydrogen (secondary N) is 2. The van der Waals surface area contributed by atoms with Crippen LogP contribution < -0.4 is 10.6 Å². The van der Waals surface area contributed by atoms with Crippen LogP contribution in [0.4, 0.5) is 22.7 Å². The Labute approximate surface area is 582 Å². The van der Waals surface area contributed by atoms with Crippen molar-refractivity contribution >= 4 is 74.1 Å². The van der Waals surface area contributed by atoms with E-state index in [2.05, 4.69) is 179 Å². The number of hydrogen-bond acceptors (Lipinski definition) is 10. The van der Waals surface area contributed by atoms with Gasteiger partial charge in [-0.2, -0.15) is 0 Å². The topological polar surface area (TPSA) is 116 Å². The van der Waals surface area contributed by atoms with Crippen LogP contribution in [0.25, 0.3) is 31.3 Å². The molecule has 3 aromatic heterocycles. The molecule has 2 saturated carbocycles. The number of hydrogen-bond donors (Lipinski definition) is 4. The summed E-state index contributed by atoms with van der Waals surface area (Å²) in [5.41, 5.74) is 16.8. The molecule has 12 rings (SSSR count). The smallest absolute Gasteiger partial charge is 0.176 e. The number of aliphatic hydroxyl groups excluding tert-OH is 2. The molecule has 494 valence electrons. The minimum Gasteiger partial charge on any atom is -0.389 e. The lowest BCUT2D eigenvalue weighted by Crippen LogP contribution is -2.15. The van der Waals surface area contributed by atoms with Crippen molar-refractivity contribution in [1.82, 2.24) is 0 Å². The Morgan fingerprint density at radius 2 is 1.03 bits per heavy atom. The molecule has 10 aromatic rings. The van der Waals surface area contributed by atoms with Gasteiger partial charge in [-0.1, -0.05) is 155 Å². The normalized spacial score (nSPS) is 15.1. The fourth-order valence-corrected chi connectivity index (χ4v) is 15.8. The van der Waals surface area contributed by atoms with E-state index in [0.717, 1.165) is 130 Å². The maximum Gasteiger partial charge on any atom is 0.176 e. The Morgan fingerprint density at radius 1 is 0.542 bits per heavy atom. The molecule has 7 aromatic carbocycles. The molecule has 96 heavy (non-hydrogen) atoms. The number of thiophene rings is 3. The number of aliphatic hydroxyl groups is 2. The van der Waals surface area contributed by atoms with E-state index < -0.39 is 12.2 Å². The third-order valence-corrected chi connectivity index (χ3v) is 22.4. The fourth-order valence-electron chi connectivity index (χ4n) is 12.9. The SMILES string of the molecule is C#CCCC(C(=O)c1ccc(-c2cccc(Nc3cccc(C(C)C)c3)c2)s1)C1CC1.CC(O)c1cccc(Cc2cccc(-c3ccc(C(=O)CCCC4CCCC4C)s3)c2)c1.Cc1cccc(CCC(=O)c2ccc(-c3cccc(Nc4cccc(C(C)O)c4)c3)s2)c1C. The summed E-state index contributed by atoms with van der Waals surface area (Å²) in [5.74, 6) is 6.22. The molecule has 0 aliphatic heterocycles. The molecule has 5 unspecified atom stereocenters. The van der Waals surface area contributed by atoms with Crippen LogP contribution in [0, 0.1) is 49.9 Å². The van der Waals surface area contributed by atoms with Crippen LogP contribution >= 0.6 is 34.0 Å². The van der Waals surface area contributed by atoms with E-state index in [1.807, 2.05) is 72.8 Å². The molecule has 0 bridgehead atoms. The minimum absolute atomic E-state index is 0.0868. The highest BCUT2D eigenvalue weighted by Crippen LogP contribution is 2.43. The van der Waals surface area contributed by atoms with Crippen LogP contribution in [-0.2, 0) is 12.8 Å². The van der Waals surface area contributed by atoms with Crippen molar-refractivity contribution in [2.75, 3.05) is 10.6 Å². The van der Waals surface area contributed by atoms with Crippen LogP contribution in [0.3, 0.4) is 0 Å². The van der Waals surface area contributed by atoms with E-state index >= 15 is 0 Å². The first-order valence-electron chi connectivity index (χ1n) is 34.3. The van der Waals surface area contributed by atoms with Crippen molar-refractivity contribution in [2.24, 2.45) is 23.7 Å². The quantitative estimate of drug-likeness (QED) is 0.0315. The summed E-state index contributed by atoms with van der Waals surface area (Å²) in [6.45, 7) is 14.6. The standard InChI is InChI=1S/C29H29NO2S.C29H34O2S.C28H29NOS/c1-19-7-4-8-22(20(19)2)13-14-27(32)29-16-15-28(33-29)24-10-6-12-26(18-24)30-25-11-5-9-23(17-25)21(3)31;1-20-7-3-10-24(20)11-6-14-27(31)29-16-15-28(32-29)26-13-5-9-23(19-26)17-22-8-4-12-25(18-22)21(2)30;1-4-5-12-25(20-13-14-20)28(30)27-16-15-26(31-27)22-9-7-11-24(18-22)29-23-10-6-8-21(17-23)19(2)3/h4-12,15-18,21,30-31H,13-14H2,1-3H3;4-5,8-9,12-13,15-16,18-21,24,30H,3,6-7,10-11,14,17H2,1-2H3;1,6-11,15-20,25,29H,5,12-14H2,2-3H3. The maximum atomic E-state index is 13.1. The lowest BCUT2D eigenvalue weighted by Gasteiger charge is -2.14. The van der Waals surface area contributed by atoms with Gasteiger partial charge in [0.15, 0.2) is 17.3 Å². The second-order valence-electron chi connectivity index (χ2n) is 26.6. The van der Waals surface area contributed by atoms with E-state index in [1.165, 1.54) is 59.1 Å². The first kappa shape index (κ1) is 70.5. The highest BCUT2D eigenvalue weighted by atomic mass is 32.1. The van der Waals surface area contributed by atoms with Crippen LogP contribution in [0.5, 0.6) is 0 Å². The molecule has 0 amide bonds. The van der Waals surface area contributed by atoms with E-state index in [1.54, 1.807) is 47.9 Å². The minimum atomic E-state index is -0.505. The van der Waals surface area contributed by atoms with Crippen molar-refractivity contribution in [3.63, 3.8) is 0 Å². The van der Waals surface area contributed by atoms with Gasteiger partial charge in [-0.3, -0.25) is 14.4 Å². The average Bonchev–Trinajstić information content (AvgIpc) is 1.67. The summed E-state index contributed by atoms with van der Waals surface area (Å²) in [6.07, 6.45) is 17.3. The highest BCUT2D eigenvalue weighted by Gasteiger charge is 2.36. The van der Waals surface area contributed by atoms with E-state index in [4.69, 9.17) is 6.42 Å². The predicted molar refractivity (Wildman–Crippen MR) is 405 cm³/mol. The van der Waals surface area contributed by atoms with Crippen molar-refractivity contribution in [3.8, 4) is 43.7 Å². The Balaban J connectivity index is 0.000000157. The molecule has 2 aliphatic carbocycles. The van der Waals surface area contributed by atoms with E-state index in [9.17, 15) is 24.6 Å². The number of anilines is 4. The summed E-state index contributed by atoms with van der Waals surface area (Å²) < 4.78 is 0. The summed E-state index contributed by atoms with van der Waals surface area (Å²) in [5, 5.41) is 26.6. The van der Waals surface area contributed by atoms with Crippen LogP contribution in [0.1, 0.15) is 197 Å². The molecule has 3 heterocycles. The molecule has 5 atom stereocenters. The summed E-state index contributed by atoms with van der Waals surface area (Å²) in [6, 6.07) is 68.0. The summed E-state index contributed by atoms with van der Waals surface area (Å²) in [7, 11) is 0. The first-order chi connectivity index (χ1) is 46.4. The molecular weight excluding hydrogens is 1240 g/mol. The molecule has 0 spiro atoms. The van der Waals surface area contributed by atoms with Gasteiger partial charge < -0.3 is 20.8 Å². The number of terminal acetylenes is 1. The van der Waals surface area contributed by atoms with Crippen molar-refractivity contribution in [1.29, 1.82) is 0 Å². The lowest BCUT2D eigenvalue weighted by molar-refractivity contribution is 0.0901. The molecule has 2 fully saturated rings. The molecule has 7 nitrogen and oxygen atoms in total. The monoisotopic (exact) mass is 1330 g/mol. The molecule has 0 radical (unpaired) electrons. The zero-order chi connectivity index (χ0) is 67.7. The third kappa shape index (κ3) is 19.7. The molecule has 0 saturated heterocycles. The van der Waals surface area contributed by atoms with Crippen molar-refractivity contribution in [2.45, 2.75) is 150 Å². The highest BCUT2D eigenvalue weighted by molar-refractivity contribution is 7.18. The van der Waals surface area contributed by atoms with Gasteiger partial charge in [-0.15, -0.1) is 46.4 Å². The Morgan fingerprint density at radius 3 is 1.59 bits per heavy atom. The van der Waals surface area contributed by atoms with Crippen LogP contribution in [0.2, 0.25) is 0 Å². The largest absolute Gasteiger partial charge is 0.389 e. The molecule has 10 heteroatoms. The second-order valence-corrected chi connectivity index (χ2v) is 29.9. The van der Waals surface area contributed by atoms with Crippen molar-refractivity contribution in [3.05, 3.63) is 259 Å². The zero-order valence-corrected chi connectivity index (χ0v) is 59.2. The number of aryl methyl sites for hydroxylation is 2. The number of rotatable bonds is 26. The molecule has 2 aliphatic rings. The Bertz CT molecular complexity index is 4280. The van der Waals surface area contributed by atoms with Crippen LogP contribution in [-0.4, -0.2) is 27.6 Å². The van der Waals surface area contributed by atoms with E-state index in [0.29, 0.717) is 31.1 Å². The van der Waals surface area contributed by atoms with Gasteiger partial charge in [0, 0.05) is 62.6 Å². The van der Waals surface area contributed by atoms with Gasteiger partial charge in [-0.05, 0) is 242 Å². The van der Waals surface area contributed by atoms with Gasteiger partial charge >= 0.3 is 0 Å². The van der Waals surface area contributed by atoms with E-state index in [-0.39, 0.29) is 23.3 Å². The summed E-state index contributed by atoms with van der Waals surface area (Å²) >= 11 is 4.76. The van der Waals surface area contributed by atoms with Crippen molar-refractivity contribution < 1.29 is 24.6 Å². The lowest BCUT2D eigenvalue weighted by atomic mass is 9.92. The summed E-state index contributed by atoms with van der Waals surface area (Å²) in [4.78, 5) is 44.5. The Kier molecular flexibility index (Phi) is 25.0. The Hall–Kier alpha value is -8.27. The van der Waals surface area contributed by atoms with Gasteiger partial charge in [-0.25, -0.2) is 0 Å². The number of benzene rings is 7. The molecule has 4 N–H and O–H groups in total. The second kappa shape index (κ2) is 34.1. The average molecular weight is 1330 g/mol. The fraction of sp³-hybridized carbons (Fsp3) is 0.314. The third-order valence-electron chi connectivity index (χ3n) is 18.9. The van der Waals surface area contributed by atoms with Gasteiger partial charge in [0.2, 0.25) is 0 Å². The predicted octanol–water partition coefficient (Wildman–Crippen LogP) is 23.4. The number of ketones is 3. The number of carbonyl (C=O) groups is 3. The zero-order valence-electron chi connectivity index (χ0n) is 56.7. The molecular formula is C86H92N2O5S3. The van der Waals surface area contributed by atoms with Gasteiger partial charge in [0.25, 0.3) is 0 Å². The van der Waals surface area contributed by atoms with Gasteiger partial charge in [0.05, 0.1) is 26.8 Å². The number of carbonyl (C=O) groups excluding carboxylic acids is 3. The first-order valence-corrected chi connectivity index (χ1v) is 36.8.